The second kappa shape index (κ2) is 6.34. The monoisotopic (exact) mass is 360 g/mol. The van der Waals surface area contributed by atoms with Crippen LogP contribution in [-0.2, 0) is 4.74 Å². The van der Waals surface area contributed by atoms with E-state index in [1.165, 1.54) is 23.7 Å². The van der Waals surface area contributed by atoms with Crippen LogP contribution in [0, 0.1) is 5.82 Å². The zero-order chi connectivity index (χ0) is 17.4. The first-order valence-electron chi connectivity index (χ1n) is 7.67. The molecule has 0 bridgehead atoms. The van der Waals surface area contributed by atoms with Gasteiger partial charge >= 0.3 is 0 Å². The van der Waals surface area contributed by atoms with Gasteiger partial charge in [-0.3, -0.25) is 9.59 Å². The summed E-state index contributed by atoms with van der Waals surface area (Å²) in [5, 5.41) is 5.00. The summed E-state index contributed by atoms with van der Waals surface area (Å²) >= 11 is 1.34. The maximum absolute atomic E-state index is 14.2. The molecule has 3 aromatic rings. The summed E-state index contributed by atoms with van der Waals surface area (Å²) in [5.41, 5.74) is -0.0961. The summed E-state index contributed by atoms with van der Waals surface area (Å²) in [6.45, 7) is 0.691. The number of ether oxygens (including phenoxy) is 1. The number of anilines is 1. The van der Waals surface area contributed by atoms with Crippen molar-refractivity contribution in [3.63, 3.8) is 0 Å². The number of carbonyl (C=O) groups is 1. The number of benzene rings is 1. The summed E-state index contributed by atoms with van der Waals surface area (Å²) < 4.78 is 19.7. The molecule has 1 amide bonds. The lowest BCUT2D eigenvalue weighted by Crippen LogP contribution is -2.15. The summed E-state index contributed by atoms with van der Waals surface area (Å²) in [5.74, 6) is -1.22. The fourth-order valence-electron chi connectivity index (χ4n) is 2.68. The van der Waals surface area contributed by atoms with Crippen molar-refractivity contribution in [1.82, 2.24) is 15.0 Å². The molecule has 7 nitrogen and oxygen atoms in total. The Kier molecular flexibility index (Phi) is 4.02. The molecule has 1 fully saturated rings. The van der Waals surface area contributed by atoms with Gasteiger partial charge in [-0.15, -0.1) is 11.3 Å². The van der Waals surface area contributed by atoms with Crippen LogP contribution >= 0.6 is 11.3 Å². The van der Waals surface area contributed by atoms with Crippen molar-refractivity contribution in [3.8, 4) is 0 Å². The molecule has 0 saturated carbocycles. The van der Waals surface area contributed by atoms with E-state index in [0.717, 1.165) is 23.9 Å². The lowest BCUT2D eigenvalue weighted by molar-refractivity contribution is 0.101. The van der Waals surface area contributed by atoms with Gasteiger partial charge in [0.2, 0.25) is 0 Å². The Balaban J connectivity index is 1.60. The molecule has 25 heavy (non-hydrogen) atoms. The van der Waals surface area contributed by atoms with Crippen LogP contribution in [0.3, 0.4) is 0 Å². The van der Waals surface area contributed by atoms with E-state index in [-0.39, 0.29) is 28.4 Å². The number of hydrogen-bond acceptors (Lipinski definition) is 6. The summed E-state index contributed by atoms with van der Waals surface area (Å²) in [6.07, 6.45) is 2.97. The number of H-pyrrole nitrogens is 1. The molecular formula is C16H13FN4O3S. The van der Waals surface area contributed by atoms with Crippen LogP contribution in [0.1, 0.15) is 34.4 Å². The third-order valence-corrected chi connectivity index (χ3v) is 4.87. The third kappa shape index (κ3) is 3.03. The quantitative estimate of drug-likeness (QED) is 0.748. The molecule has 0 radical (unpaired) electrons. The minimum absolute atomic E-state index is 0.0754. The number of aromatic amines is 1. The molecule has 1 aromatic carbocycles. The van der Waals surface area contributed by atoms with Gasteiger partial charge in [-0.25, -0.2) is 14.4 Å². The van der Waals surface area contributed by atoms with Gasteiger partial charge in [-0.2, -0.15) is 0 Å². The molecule has 0 aliphatic carbocycles. The number of nitrogens with one attached hydrogen (secondary N) is 2. The minimum Gasteiger partial charge on any atom is -0.371 e. The molecule has 4 rings (SSSR count). The summed E-state index contributed by atoms with van der Waals surface area (Å²) in [6, 6.07) is 2.38. The van der Waals surface area contributed by atoms with Crippen LogP contribution in [0.5, 0.6) is 0 Å². The highest BCUT2D eigenvalue weighted by Crippen LogP contribution is 2.30. The second-order valence-electron chi connectivity index (χ2n) is 5.61. The summed E-state index contributed by atoms with van der Waals surface area (Å²) in [4.78, 5) is 34.7. The lowest BCUT2D eigenvalue weighted by Gasteiger charge is -2.06. The molecule has 3 heterocycles. The van der Waals surface area contributed by atoms with E-state index < -0.39 is 17.3 Å². The molecule has 9 heteroatoms. The van der Waals surface area contributed by atoms with Crippen LogP contribution in [0.4, 0.5) is 10.1 Å². The van der Waals surface area contributed by atoms with Gasteiger partial charge in [0.1, 0.15) is 22.6 Å². The number of hydrogen-bond donors (Lipinski definition) is 2. The van der Waals surface area contributed by atoms with Gasteiger partial charge < -0.3 is 15.0 Å². The normalized spacial score (nSPS) is 17.1. The zero-order valence-corrected chi connectivity index (χ0v) is 13.7. The standard InChI is InChI=1S/C16H13FN4O3S/c17-9-5-10-8(14(22)19-7-18-10)4-11(9)20-15(23)12-6-25-16(21-12)13-2-1-3-24-13/h4-7,13H,1-3H2,(H,20,23)(H,18,19,22). The number of halogens is 1. The topological polar surface area (TPSA) is 97.0 Å². The van der Waals surface area contributed by atoms with Crippen LogP contribution < -0.4 is 10.9 Å². The lowest BCUT2D eigenvalue weighted by atomic mass is 10.2. The highest BCUT2D eigenvalue weighted by Gasteiger charge is 2.23. The predicted molar refractivity (Wildman–Crippen MR) is 90.3 cm³/mol. The minimum atomic E-state index is -0.673. The molecule has 1 aliphatic rings. The van der Waals surface area contributed by atoms with Gasteiger partial charge in [0.05, 0.1) is 22.9 Å². The van der Waals surface area contributed by atoms with Gasteiger partial charge in [-0.1, -0.05) is 0 Å². The van der Waals surface area contributed by atoms with E-state index in [4.69, 9.17) is 4.74 Å². The molecule has 128 valence electrons. The maximum atomic E-state index is 14.2. The number of nitrogens with zero attached hydrogens (tertiary/aromatic N) is 2. The Labute approximate surface area is 144 Å². The predicted octanol–water partition coefficient (Wildman–Crippen LogP) is 2.62. The number of amides is 1. The first-order valence-corrected chi connectivity index (χ1v) is 8.55. The number of fused-ring (bicyclic) bond motifs is 1. The van der Waals surface area contributed by atoms with Crippen LogP contribution in [0.25, 0.3) is 10.9 Å². The smallest absolute Gasteiger partial charge is 0.275 e. The molecule has 1 atom stereocenters. The van der Waals surface area contributed by atoms with Crippen molar-refractivity contribution in [1.29, 1.82) is 0 Å². The second-order valence-corrected chi connectivity index (χ2v) is 6.50. The fraction of sp³-hybridized carbons (Fsp3) is 0.250. The third-order valence-electron chi connectivity index (χ3n) is 3.94. The first kappa shape index (κ1) is 15.9. The molecule has 1 unspecified atom stereocenters. The van der Waals surface area contributed by atoms with Gasteiger partial charge in [0.25, 0.3) is 11.5 Å². The number of aromatic nitrogens is 3. The van der Waals surface area contributed by atoms with Crippen molar-refractivity contribution >= 4 is 33.8 Å². The number of carbonyl (C=O) groups excluding carboxylic acids is 1. The van der Waals surface area contributed by atoms with Crippen molar-refractivity contribution < 1.29 is 13.9 Å². The number of rotatable bonds is 3. The van der Waals surface area contributed by atoms with Crippen LogP contribution in [-0.4, -0.2) is 27.5 Å². The van der Waals surface area contributed by atoms with E-state index in [9.17, 15) is 14.0 Å². The number of thiazole rings is 1. The van der Waals surface area contributed by atoms with Crippen molar-refractivity contribution in [3.05, 3.63) is 50.7 Å². The van der Waals surface area contributed by atoms with Crippen LogP contribution in [0.2, 0.25) is 0 Å². The Morgan fingerprint density at radius 2 is 2.32 bits per heavy atom. The average molecular weight is 360 g/mol. The largest absolute Gasteiger partial charge is 0.371 e. The van der Waals surface area contributed by atoms with Gasteiger partial charge in [0, 0.05) is 18.1 Å². The van der Waals surface area contributed by atoms with E-state index >= 15 is 0 Å². The average Bonchev–Trinajstić information content (AvgIpc) is 3.27. The van der Waals surface area contributed by atoms with E-state index in [1.807, 2.05) is 0 Å². The van der Waals surface area contributed by atoms with Gasteiger partial charge in [-0.05, 0) is 18.9 Å². The van der Waals surface area contributed by atoms with Gasteiger partial charge in [0.15, 0.2) is 0 Å². The zero-order valence-electron chi connectivity index (χ0n) is 12.9. The Morgan fingerprint density at radius 1 is 1.44 bits per heavy atom. The van der Waals surface area contributed by atoms with Crippen molar-refractivity contribution in [2.75, 3.05) is 11.9 Å². The highest BCUT2D eigenvalue weighted by atomic mass is 32.1. The SMILES string of the molecule is O=C(Nc1cc2c(=O)[nH]cnc2cc1F)c1csc(C2CCCO2)n1. The van der Waals surface area contributed by atoms with E-state index in [2.05, 4.69) is 20.3 Å². The molecule has 1 aliphatic heterocycles. The Morgan fingerprint density at radius 3 is 3.12 bits per heavy atom. The van der Waals surface area contributed by atoms with E-state index in [1.54, 1.807) is 5.38 Å². The van der Waals surface area contributed by atoms with Crippen molar-refractivity contribution in [2.45, 2.75) is 18.9 Å². The van der Waals surface area contributed by atoms with Crippen molar-refractivity contribution in [2.24, 2.45) is 0 Å². The molecule has 2 N–H and O–H groups in total. The Bertz CT molecular complexity index is 1010. The maximum Gasteiger partial charge on any atom is 0.275 e. The molecular weight excluding hydrogens is 347 g/mol. The molecule has 2 aromatic heterocycles. The molecule has 0 spiro atoms. The highest BCUT2D eigenvalue weighted by molar-refractivity contribution is 7.09. The van der Waals surface area contributed by atoms with Crippen LogP contribution in [0.15, 0.2) is 28.6 Å². The van der Waals surface area contributed by atoms with E-state index in [0.29, 0.717) is 6.61 Å². The first-order chi connectivity index (χ1) is 12.1. The Hall–Kier alpha value is -2.65. The molecule has 1 saturated heterocycles. The summed E-state index contributed by atoms with van der Waals surface area (Å²) in [7, 11) is 0. The fourth-order valence-corrected chi connectivity index (χ4v) is 3.56.